The molecule has 0 aliphatic heterocycles. The first-order chi connectivity index (χ1) is 21.6. The summed E-state index contributed by atoms with van der Waals surface area (Å²) in [6.45, 7) is 3.55. The molecule has 1 atom stereocenters. The number of anilines is 1. The summed E-state index contributed by atoms with van der Waals surface area (Å²) < 4.78 is 48.3. The molecule has 0 fully saturated rings. The third kappa shape index (κ3) is 8.69. The maximum Gasteiger partial charge on any atom is 0.264 e. The minimum absolute atomic E-state index is 0.0170. The van der Waals surface area contributed by atoms with Gasteiger partial charge >= 0.3 is 0 Å². The van der Waals surface area contributed by atoms with Crippen LogP contribution in [0.15, 0.2) is 108 Å². The third-order valence-corrected chi connectivity index (χ3v) is 9.12. The van der Waals surface area contributed by atoms with Crippen LogP contribution in [-0.4, -0.2) is 51.4 Å². The predicted molar refractivity (Wildman–Crippen MR) is 173 cm³/mol. The van der Waals surface area contributed by atoms with Crippen LogP contribution in [0, 0.1) is 12.7 Å². The van der Waals surface area contributed by atoms with Crippen LogP contribution in [0.3, 0.4) is 0 Å². The normalized spacial score (nSPS) is 11.8. The van der Waals surface area contributed by atoms with Crippen molar-refractivity contribution in [2.45, 2.75) is 44.2 Å². The minimum Gasteiger partial charge on any atom is -0.497 e. The lowest BCUT2D eigenvalue weighted by Gasteiger charge is -2.34. The molecule has 0 saturated carbocycles. The van der Waals surface area contributed by atoms with Gasteiger partial charge in [-0.2, -0.15) is 0 Å². The first kappa shape index (κ1) is 33.2. The molecule has 4 rings (SSSR count). The molecule has 1 N–H and O–H groups in total. The molecule has 4 aromatic rings. The van der Waals surface area contributed by atoms with E-state index in [9.17, 15) is 22.4 Å². The molecule has 0 saturated heterocycles. The van der Waals surface area contributed by atoms with Gasteiger partial charge in [0.05, 0.1) is 17.7 Å². The van der Waals surface area contributed by atoms with Gasteiger partial charge in [0.2, 0.25) is 11.8 Å². The fraction of sp³-hybridized carbons (Fsp3) is 0.257. The first-order valence-corrected chi connectivity index (χ1v) is 16.2. The summed E-state index contributed by atoms with van der Waals surface area (Å²) in [7, 11) is -2.72. The van der Waals surface area contributed by atoms with E-state index in [-0.39, 0.29) is 29.5 Å². The molecule has 2 amide bonds. The molecule has 4 aromatic carbocycles. The second kappa shape index (κ2) is 15.3. The Balaban J connectivity index is 1.79. The van der Waals surface area contributed by atoms with E-state index in [1.165, 1.54) is 36.3 Å². The zero-order chi connectivity index (χ0) is 32.4. The topological polar surface area (TPSA) is 96.0 Å². The number of halogens is 1. The number of nitrogens with one attached hydrogen (secondary N) is 1. The standard InChI is InChI=1S/C35H38FN3O5S/c1-4-22-37-35(41)33(23-27-8-6-5-7-9-27)38(24-28-12-14-29(36)15-13-28)34(40)25-39(30-16-18-31(44-3)19-17-30)45(42,43)32-20-10-26(2)11-21-32/h5-21,33H,4,22-25H2,1-3H3,(H,37,41). The predicted octanol–water partition coefficient (Wildman–Crippen LogP) is 5.50. The van der Waals surface area contributed by atoms with Gasteiger partial charge in [0.15, 0.2) is 0 Å². The van der Waals surface area contributed by atoms with E-state index in [4.69, 9.17) is 4.74 Å². The van der Waals surface area contributed by atoms with Gasteiger partial charge in [0.25, 0.3) is 10.0 Å². The molecule has 8 nitrogen and oxygen atoms in total. The Morgan fingerprint density at radius 1 is 0.867 bits per heavy atom. The zero-order valence-electron chi connectivity index (χ0n) is 25.6. The number of sulfonamides is 1. The number of hydrogen-bond acceptors (Lipinski definition) is 5. The maximum atomic E-state index is 14.4. The van der Waals surface area contributed by atoms with Gasteiger partial charge < -0.3 is 15.0 Å². The van der Waals surface area contributed by atoms with Crippen molar-refractivity contribution < 1.29 is 27.1 Å². The number of aryl methyl sites for hydroxylation is 1. The minimum atomic E-state index is -4.22. The number of carbonyl (C=O) groups excluding carboxylic acids is 2. The van der Waals surface area contributed by atoms with Crippen molar-refractivity contribution in [2.24, 2.45) is 0 Å². The molecule has 0 aromatic heterocycles. The second-order valence-electron chi connectivity index (χ2n) is 10.7. The highest BCUT2D eigenvalue weighted by Crippen LogP contribution is 2.27. The number of rotatable bonds is 14. The van der Waals surface area contributed by atoms with Crippen molar-refractivity contribution in [3.8, 4) is 5.75 Å². The van der Waals surface area contributed by atoms with E-state index >= 15 is 0 Å². The summed E-state index contributed by atoms with van der Waals surface area (Å²) in [5.74, 6) is -0.883. The third-order valence-electron chi connectivity index (χ3n) is 7.33. The van der Waals surface area contributed by atoms with Crippen molar-refractivity contribution in [3.05, 3.63) is 126 Å². The highest BCUT2D eigenvalue weighted by Gasteiger charge is 2.34. The molecule has 0 radical (unpaired) electrons. The molecule has 0 bridgehead atoms. The van der Waals surface area contributed by atoms with Crippen molar-refractivity contribution in [1.29, 1.82) is 0 Å². The molecular formula is C35H38FN3O5S. The number of amides is 2. The van der Waals surface area contributed by atoms with Crippen LogP contribution in [0.1, 0.15) is 30.0 Å². The summed E-state index contributed by atoms with van der Waals surface area (Å²) in [6.07, 6.45) is 0.881. The van der Waals surface area contributed by atoms with E-state index in [0.29, 0.717) is 24.3 Å². The molecule has 0 spiro atoms. The molecule has 236 valence electrons. The fourth-order valence-electron chi connectivity index (χ4n) is 4.82. The average Bonchev–Trinajstić information content (AvgIpc) is 3.05. The first-order valence-electron chi connectivity index (χ1n) is 14.7. The highest BCUT2D eigenvalue weighted by atomic mass is 32.2. The van der Waals surface area contributed by atoms with E-state index < -0.39 is 34.3 Å². The molecular weight excluding hydrogens is 593 g/mol. The van der Waals surface area contributed by atoms with Gasteiger partial charge in [0, 0.05) is 19.5 Å². The van der Waals surface area contributed by atoms with Crippen molar-refractivity contribution in [3.63, 3.8) is 0 Å². The fourth-order valence-corrected chi connectivity index (χ4v) is 6.24. The quantitative estimate of drug-likeness (QED) is 0.198. The maximum absolute atomic E-state index is 14.4. The van der Waals surface area contributed by atoms with Crippen LogP contribution < -0.4 is 14.4 Å². The van der Waals surface area contributed by atoms with Gasteiger partial charge in [-0.25, -0.2) is 12.8 Å². The second-order valence-corrected chi connectivity index (χ2v) is 12.5. The Labute approximate surface area is 264 Å². The van der Waals surface area contributed by atoms with Crippen LogP contribution in [0.2, 0.25) is 0 Å². The number of methoxy groups -OCH3 is 1. The Kier molecular flexibility index (Phi) is 11.3. The largest absolute Gasteiger partial charge is 0.497 e. The Bertz CT molecular complexity index is 1660. The van der Waals surface area contributed by atoms with Crippen LogP contribution >= 0.6 is 0 Å². The number of carbonyl (C=O) groups is 2. The van der Waals surface area contributed by atoms with Crippen LogP contribution in [-0.2, 0) is 32.6 Å². The van der Waals surface area contributed by atoms with Gasteiger partial charge in [-0.1, -0.05) is 67.1 Å². The Hall–Kier alpha value is -4.70. The van der Waals surface area contributed by atoms with Crippen molar-refractivity contribution in [1.82, 2.24) is 10.2 Å². The van der Waals surface area contributed by atoms with Crippen LogP contribution in [0.5, 0.6) is 5.75 Å². The van der Waals surface area contributed by atoms with E-state index in [2.05, 4.69) is 5.32 Å². The number of benzene rings is 4. The van der Waals surface area contributed by atoms with E-state index in [1.54, 1.807) is 48.5 Å². The number of nitrogens with zero attached hydrogens (tertiary/aromatic N) is 2. The molecule has 0 aliphatic rings. The Morgan fingerprint density at radius 2 is 1.51 bits per heavy atom. The lowest BCUT2D eigenvalue weighted by atomic mass is 10.0. The summed E-state index contributed by atoms with van der Waals surface area (Å²) >= 11 is 0. The summed E-state index contributed by atoms with van der Waals surface area (Å²) in [6, 6.07) is 26.7. The zero-order valence-corrected chi connectivity index (χ0v) is 26.5. The number of hydrogen-bond donors (Lipinski definition) is 1. The lowest BCUT2D eigenvalue weighted by molar-refractivity contribution is -0.140. The summed E-state index contributed by atoms with van der Waals surface area (Å²) in [5, 5.41) is 2.90. The summed E-state index contributed by atoms with van der Waals surface area (Å²) in [5.41, 5.74) is 2.55. The molecule has 0 heterocycles. The van der Waals surface area contributed by atoms with E-state index in [1.807, 2.05) is 44.2 Å². The highest BCUT2D eigenvalue weighted by molar-refractivity contribution is 7.92. The van der Waals surface area contributed by atoms with E-state index in [0.717, 1.165) is 15.4 Å². The smallest absolute Gasteiger partial charge is 0.264 e. The average molecular weight is 632 g/mol. The van der Waals surface area contributed by atoms with Gasteiger partial charge in [0.1, 0.15) is 24.2 Å². The molecule has 1 unspecified atom stereocenters. The molecule has 10 heteroatoms. The Morgan fingerprint density at radius 3 is 2.11 bits per heavy atom. The van der Waals surface area contributed by atoms with Gasteiger partial charge in [-0.05, 0) is 73.0 Å². The van der Waals surface area contributed by atoms with Gasteiger partial charge in [-0.3, -0.25) is 13.9 Å². The number of ether oxygens (including phenoxy) is 1. The monoisotopic (exact) mass is 631 g/mol. The molecule has 45 heavy (non-hydrogen) atoms. The van der Waals surface area contributed by atoms with Crippen LogP contribution in [0.4, 0.5) is 10.1 Å². The summed E-state index contributed by atoms with van der Waals surface area (Å²) in [4.78, 5) is 29.5. The van der Waals surface area contributed by atoms with Crippen molar-refractivity contribution in [2.75, 3.05) is 24.5 Å². The SMILES string of the molecule is CCCNC(=O)C(Cc1ccccc1)N(Cc1ccc(F)cc1)C(=O)CN(c1ccc(OC)cc1)S(=O)(=O)c1ccc(C)cc1. The molecule has 0 aliphatic carbocycles. The van der Waals surface area contributed by atoms with Crippen molar-refractivity contribution >= 4 is 27.5 Å². The van der Waals surface area contributed by atoms with Crippen LogP contribution in [0.25, 0.3) is 0 Å². The lowest BCUT2D eigenvalue weighted by Crippen LogP contribution is -2.53. The van der Waals surface area contributed by atoms with Gasteiger partial charge in [-0.15, -0.1) is 0 Å².